The Hall–Kier alpha value is -1.80. The summed E-state index contributed by atoms with van der Waals surface area (Å²) < 4.78 is 41.9. The third-order valence-corrected chi connectivity index (χ3v) is 7.03. The van der Waals surface area contributed by atoms with E-state index in [-0.39, 0.29) is 24.8 Å². The highest BCUT2D eigenvalue weighted by molar-refractivity contribution is 7.85. The van der Waals surface area contributed by atoms with Crippen molar-refractivity contribution in [3.63, 3.8) is 0 Å². The summed E-state index contributed by atoms with van der Waals surface area (Å²) in [6.45, 7) is 3.10. The molecule has 1 aromatic rings. The lowest BCUT2D eigenvalue weighted by Crippen LogP contribution is -2.28. The predicted octanol–water partition coefficient (Wildman–Crippen LogP) is 6.37. The monoisotopic (exact) mass is 497 g/mol. The minimum Gasteiger partial charge on any atom is -0.493 e. The normalized spacial score (nSPS) is 14.2. The van der Waals surface area contributed by atoms with E-state index in [0.717, 1.165) is 55.6 Å². The van der Waals surface area contributed by atoms with E-state index in [0.29, 0.717) is 0 Å². The molecule has 1 aromatic carbocycles. The van der Waals surface area contributed by atoms with E-state index in [4.69, 9.17) is 14.0 Å². The number of benzene rings is 1. The number of carbonyl (C=O) groups excluding carboxylic acids is 1. The number of unbranched alkanes of at least 4 members (excludes halogenated alkanes) is 9. The molecule has 1 unspecified atom stereocenters. The summed E-state index contributed by atoms with van der Waals surface area (Å²) in [7, 11) is -4.03. The second-order valence-electron chi connectivity index (χ2n) is 9.25. The summed E-state index contributed by atoms with van der Waals surface area (Å²) in [6, 6.07) is 6.01. The Labute approximate surface area is 205 Å². The quantitative estimate of drug-likeness (QED) is 0.192. The van der Waals surface area contributed by atoms with Crippen LogP contribution in [0.5, 0.6) is 5.75 Å². The van der Waals surface area contributed by atoms with E-state index in [2.05, 4.69) is 18.3 Å². The summed E-state index contributed by atoms with van der Waals surface area (Å²) in [5.74, 6) is 0.516. The minimum atomic E-state index is -4.03. The van der Waals surface area contributed by atoms with Crippen molar-refractivity contribution in [2.45, 2.75) is 103 Å². The van der Waals surface area contributed by atoms with Gasteiger partial charge in [-0.05, 0) is 55.4 Å². The van der Waals surface area contributed by atoms with Crippen LogP contribution < -0.4 is 10.1 Å². The Morgan fingerprint density at radius 1 is 1.06 bits per heavy atom. The van der Waals surface area contributed by atoms with Crippen molar-refractivity contribution in [3.05, 3.63) is 29.3 Å². The molecule has 1 atom stereocenters. The Kier molecular flexibility index (Phi) is 13.4. The van der Waals surface area contributed by atoms with E-state index in [1.807, 2.05) is 12.1 Å². The number of hydrogen-bond acceptors (Lipinski definition) is 5. The van der Waals surface area contributed by atoms with Crippen LogP contribution in [0.4, 0.5) is 4.79 Å². The Morgan fingerprint density at radius 3 is 2.41 bits per heavy atom. The van der Waals surface area contributed by atoms with Crippen molar-refractivity contribution in [1.82, 2.24) is 5.32 Å². The number of nitrogens with one attached hydrogen (secondary N) is 1. The maximum Gasteiger partial charge on any atom is 0.407 e. The molecule has 194 valence electrons. The molecule has 8 heteroatoms. The molecule has 34 heavy (non-hydrogen) atoms. The number of carbonyl (C=O) groups is 1. The minimum absolute atomic E-state index is 0.127. The first-order valence-corrected chi connectivity index (χ1v) is 14.6. The van der Waals surface area contributed by atoms with Gasteiger partial charge in [0.15, 0.2) is 0 Å². The van der Waals surface area contributed by atoms with E-state index < -0.39 is 16.2 Å². The first kappa shape index (κ1) is 28.4. The highest BCUT2D eigenvalue weighted by atomic mass is 32.2. The van der Waals surface area contributed by atoms with Crippen LogP contribution in [0.25, 0.3) is 0 Å². The first-order chi connectivity index (χ1) is 16.4. The molecule has 7 nitrogen and oxygen atoms in total. The van der Waals surface area contributed by atoms with E-state index in [9.17, 15) is 13.2 Å². The van der Waals surface area contributed by atoms with Crippen LogP contribution in [0.1, 0.15) is 108 Å². The van der Waals surface area contributed by atoms with Crippen molar-refractivity contribution in [1.29, 1.82) is 0 Å². The SMILES string of the molecule is CCCCCCCCCCCCC(OC(=O)NCCCS(=O)(=O)O)c1ccc2c(c1)CCCO2. The summed E-state index contributed by atoms with van der Waals surface area (Å²) in [5.41, 5.74) is 2.11. The van der Waals surface area contributed by atoms with E-state index in [1.54, 1.807) is 0 Å². The largest absolute Gasteiger partial charge is 0.493 e. The molecule has 2 N–H and O–H groups in total. The third kappa shape index (κ3) is 12.1. The average Bonchev–Trinajstić information content (AvgIpc) is 2.81. The van der Waals surface area contributed by atoms with Gasteiger partial charge in [-0.3, -0.25) is 4.55 Å². The molecule has 0 radical (unpaired) electrons. The second kappa shape index (κ2) is 16.0. The van der Waals surface area contributed by atoms with E-state index >= 15 is 0 Å². The van der Waals surface area contributed by atoms with Gasteiger partial charge < -0.3 is 14.8 Å². The Balaban J connectivity index is 1.81. The highest BCUT2D eigenvalue weighted by Gasteiger charge is 2.20. The highest BCUT2D eigenvalue weighted by Crippen LogP contribution is 2.31. The van der Waals surface area contributed by atoms with Crippen molar-refractivity contribution in [2.24, 2.45) is 0 Å². The van der Waals surface area contributed by atoms with E-state index in [1.165, 1.54) is 51.4 Å². The van der Waals surface area contributed by atoms with Crippen molar-refractivity contribution >= 4 is 16.2 Å². The average molecular weight is 498 g/mol. The molecule has 0 spiro atoms. The van der Waals surface area contributed by atoms with Crippen LogP contribution >= 0.6 is 0 Å². The molecule has 0 fully saturated rings. The van der Waals surface area contributed by atoms with Gasteiger partial charge in [-0.1, -0.05) is 70.8 Å². The van der Waals surface area contributed by atoms with Crippen LogP contribution in [0.2, 0.25) is 0 Å². The number of hydrogen-bond donors (Lipinski definition) is 2. The molecule has 0 saturated carbocycles. The van der Waals surface area contributed by atoms with Crippen molar-refractivity contribution in [2.75, 3.05) is 18.9 Å². The molecule has 2 rings (SSSR count). The van der Waals surface area contributed by atoms with Crippen LogP contribution in [0, 0.1) is 0 Å². The van der Waals surface area contributed by atoms with Gasteiger partial charge in [-0.2, -0.15) is 8.42 Å². The summed E-state index contributed by atoms with van der Waals surface area (Å²) in [4.78, 5) is 12.4. The summed E-state index contributed by atoms with van der Waals surface area (Å²) in [5, 5.41) is 2.60. The van der Waals surface area contributed by atoms with Gasteiger partial charge in [0.1, 0.15) is 11.9 Å². The molecular formula is C26H43NO6S. The zero-order valence-electron chi connectivity index (χ0n) is 20.7. The molecule has 0 aromatic heterocycles. The maximum atomic E-state index is 12.4. The lowest BCUT2D eigenvalue weighted by atomic mass is 9.97. The number of rotatable bonds is 17. The van der Waals surface area contributed by atoms with Gasteiger partial charge in [0.25, 0.3) is 10.1 Å². The van der Waals surface area contributed by atoms with Gasteiger partial charge in [0, 0.05) is 6.54 Å². The van der Waals surface area contributed by atoms with Gasteiger partial charge in [0.05, 0.1) is 12.4 Å². The smallest absolute Gasteiger partial charge is 0.407 e. The standard InChI is InChI=1S/C26H43NO6S/c1-2-3-4-5-6-7-8-9-10-11-15-25(33-26(28)27-18-13-20-34(29,30)31)23-16-17-24-22(21-23)14-12-19-32-24/h16-17,21,25H,2-15,18-20H2,1H3,(H,27,28)(H,29,30,31). The van der Waals surface area contributed by atoms with Crippen molar-refractivity contribution < 1.29 is 27.2 Å². The van der Waals surface area contributed by atoms with Gasteiger partial charge >= 0.3 is 6.09 Å². The molecule has 0 bridgehead atoms. The first-order valence-electron chi connectivity index (χ1n) is 13.0. The lowest BCUT2D eigenvalue weighted by molar-refractivity contribution is 0.0907. The Morgan fingerprint density at radius 2 is 1.74 bits per heavy atom. The molecule has 1 heterocycles. The zero-order chi connectivity index (χ0) is 24.7. The molecule has 0 saturated heterocycles. The third-order valence-electron chi connectivity index (χ3n) is 6.22. The zero-order valence-corrected chi connectivity index (χ0v) is 21.5. The topological polar surface area (TPSA) is 102 Å². The molecular weight excluding hydrogens is 454 g/mol. The fourth-order valence-electron chi connectivity index (χ4n) is 4.31. The summed E-state index contributed by atoms with van der Waals surface area (Å²) in [6.07, 6.45) is 14.3. The van der Waals surface area contributed by atoms with Gasteiger partial charge in [0.2, 0.25) is 0 Å². The van der Waals surface area contributed by atoms with Gasteiger partial charge in [-0.15, -0.1) is 0 Å². The van der Waals surface area contributed by atoms with Crippen LogP contribution in [-0.2, 0) is 21.3 Å². The van der Waals surface area contributed by atoms with Crippen molar-refractivity contribution in [3.8, 4) is 5.75 Å². The molecule has 1 amide bonds. The number of aryl methyl sites for hydroxylation is 1. The fraction of sp³-hybridized carbons (Fsp3) is 0.731. The lowest BCUT2D eigenvalue weighted by Gasteiger charge is -2.22. The second-order valence-corrected chi connectivity index (χ2v) is 10.8. The van der Waals surface area contributed by atoms with Gasteiger partial charge in [-0.25, -0.2) is 4.79 Å². The Bertz CT molecular complexity index is 827. The number of ether oxygens (including phenoxy) is 2. The molecule has 1 aliphatic heterocycles. The van der Waals surface area contributed by atoms with Crippen LogP contribution in [0.3, 0.4) is 0 Å². The molecule has 0 aliphatic carbocycles. The van der Waals surface area contributed by atoms with Crippen LogP contribution in [0.15, 0.2) is 18.2 Å². The van der Waals surface area contributed by atoms with Crippen LogP contribution in [-0.4, -0.2) is 38.0 Å². The molecule has 1 aliphatic rings. The number of fused-ring (bicyclic) bond motifs is 1. The fourth-order valence-corrected chi connectivity index (χ4v) is 4.82. The number of alkyl carbamates (subject to hydrolysis) is 1. The number of amides is 1. The maximum absolute atomic E-state index is 12.4. The summed E-state index contributed by atoms with van der Waals surface area (Å²) >= 11 is 0. The predicted molar refractivity (Wildman–Crippen MR) is 135 cm³/mol.